The number of rotatable bonds is 7. The van der Waals surface area contributed by atoms with E-state index in [1.165, 1.54) is 23.4 Å². The number of para-hydroxylation sites is 1. The number of hydrogen-bond acceptors (Lipinski definition) is 5. The number of likely N-dealkylation sites (tertiary alicyclic amines) is 1. The summed E-state index contributed by atoms with van der Waals surface area (Å²) in [4.78, 5) is 6.00. The van der Waals surface area contributed by atoms with Gasteiger partial charge in [0.1, 0.15) is 41.7 Å². The number of nitrogens with zero attached hydrogens (tertiary/aromatic N) is 4. The van der Waals surface area contributed by atoms with Crippen LogP contribution in [0.25, 0.3) is 0 Å². The number of aliphatic hydroxyl groups is 1. The molecule has 2 heterocycles. The lowest BCUT2D eigenvalue weighted by Gasteiger charge is -2.44. The second kappa shape index (κ2) is 9.52. The molecule has 6 nitrogen and oxygen atoms in total. The number of benzene rings is 2. The molecule has 3 aromatic rings. The van der Waals surface area contributed by atoms with Crippen molar-refractivity contribution in [3.05, 3.63) is 77.3 Å². The third kappa shape index (κ3) is 4.77. The van der Waals surface area contributed by atoms with Crippen molar-refractivity contribution < 1.29 is 18.6 Å². The minimum Gasteiger partial charge on any atom is -0.489 e. The average molecular weight is 463 g/mol. The van der Waals surface area contributed by atoms with Crippen molar-refractivity contribution in [2.75, 3.05) is 13.1 Å². The highest BCUT2D eigenvalue weighted by Gasteiger charge is 2.43. The van der Waals surface area contributed by atoms with Gasteiger partial charge in [-0.1, -0.05) is 29.8 Å². The second-order valence-electron chi connectivity index (χ2n) is 8.10. The number of ether oxygens (including phenoxy) is 1. The Kier molecular flexibility index (Phi) is 6.74. The van der Waals surface area contributed by atoms with E-state index in [2.05, 4.69) is 15.0 Å². The monoisotopic (exact) mass is 462 g/mol. The van der Waals surface area contributed by atoms with Crippen LogP contribution in [0.15, 0.2) is 55.1 Å². The zero-order chi connectivity index (χ0) is 22.7. The molecule has 1 aromatic heterocycles. The molecule has 4 rings (SSSR count). The van der Waals surface area contributed by atoms with Crippen molar-refractivity contribution >= 4 is 11.6 Å². The Balaban J connectivity index is 1.51. The normalized spacial score (nSPS) is 18.3. The predicted octanol–water partition coefficient (Wildman–Crippen LogP) is 4.03. The first-order chi connectivity index (χ1) is 15.4. The predicted molar refractivity (Wildman–Crippen MR) is 116 cm³/mol. The molecule has 1 aliphatic rings. The molecule has 1 N–H and O–H groups in total. The minimum absolute atomic E-state index is 0.00989. The summed E-state index contributed by atoms with van der Waals surface area (Å²) in [6, 6.07) is 10.1. The molecule has 0 amide bonds. The highest BCUT2D eigenvalue weighted by molar-refractivity contribution is 6.32. The summed E-state index contributed by atoms with van der Waals surface area (Å²) in [5.74, 6) is -0.840. The van der Waals surface area contributed by atoms with E-state index in [4.69, 9.17) is 16.3 Å². The lowest BCUT2D eigenvalue weighted by Crippen LogP contribution is -2.54. The zero-order valence-corrected chi connectivity index (χ0v) is 18.4. The number of aromatic nitrogens is 3. The molecule has 32 heavy (non-hydrogen) atoms. The van der Waals surface area contributed by atoms with Gasteiger partial charge < -0.3 is 9.84 Å². The molecule has 0 radical (unpaired) electrons. The van der Waals surface area contributed by atoms with Crippen LogP contribution in [0.4, 0.5) is 8.78 Å². The Labute approximate surface area is 190 Å². The number of piperidine rings is 1. The van der Waals surface area contributed by atoms with Gasteiger partial charge >= 0.3 is 0 Å². The van der Waals surface area contributed by atoms with Gasteiger partial charge in [0, 0.05) is 30.8 Å². The maximum Gasteiger partial charge on any atom is 0.138 e. The quantitative estimate of drug-likeness (QED) is 0.574. The van der Waals surface area contributed by atoms with Crippen molar-refractivity contribution in [3.63, 3.8) is 0 Å². The van der Waals surface area contributed by atoms with E-state index in [0.29, 0.717) is 23.9 Å². The summed E-state index contributed by atoms with van der Waals surface area (Å²) >= 11 is 6.20. The van der Waals surface area contributed by atoms with Gasteiger partial charge in [-0.15, -0.1) is 0 Å². The summed E-state index contributed by atoms with van der Waals surface area (Å²) in [7, 11) is 0. The fourth-order valence-electron chi connectivity index (χ4n) is 4.25. The van der Waals surface area contributed by atoms with Gasteiger partial charge in [0.15, 0.2) is 0 Å². The summed E-state index contributed by atoms with van der Waals surface area (Å²) in [6.07, 6.45) is 4.25. The lowest BCUT2D eigenvalue weighted by atomic mass is 9.84. The van der Waals surface area contributed by atoms with E-state index in [1.54, 1.807) is 6.07 Å². The van der Waals surface area contributed by atoms with E-state index >= 15 is 0 Å². The second-order valence-corrected chi connectivity index (χ2v) is 8.51. The maximum absolute atomic E-state index is 14.7. The van der Waals surface area contributed by atoms with E-state index in [1.807, 2.05) is 25.1 Å². The van der Waals surface area contributed by atoms with Gasteiger partial charge in [0.05, 0.1) is 11.6 Å². The molecule has 170 valence electrons. The first-order valence-electron chi connectivity index (χ1n) is 10.5. The molecule has 2 atom stereocenters. The first kappa shape index (κ1) is 22.6. The standard InChI is InChI=1S/C23H25ClF2N4O2/c1-16(29-10-8-18(9-11-29)32-22-5-3-2-4-20(22)24)23(31,13-30-15-27-14-28-30)19-7-6-17(25)12-21(19)26/h2-7,12,14-16,18,31H,8-11,13H2,1H3/t16-,23-/m1/s1. The van der Waals surface area contributed by atoms with E-state index in [0.717, 1.165) is 25.0 Å². The fraction of sp³-hybridized carbons (Fsp3) is 0.391. The molecular formula is C23H25ClF2N4O2. The van der Waals surface area contributed by atoms with E-state index in [9.17, 15) is 13.9 Å². The minimum atomic E-state index is -1.65. The Morgan fingerprint density at radius 1 is 1.22 bits per heavy atom. The molecule has 1 saturated heterocycles. The summed E-state index contributed by atoms with van der Waals surface area (Å²) in [5, 5.41) is 16.4. The van der Waals surface area contributed by atoms with Crippen molar-refractivity contribution in [1.29, 1.82) is 0 Å². The highest BCUT2D eigenvalue weighted by Crippen LogP contribution is 2.34. The van der Waals surface area contributed by atoms with Crippen molar-refractivity contribution in [2.24, 2.45) is 0 Å². The number of halogens is 3. The van der Waals surface area contributed by atoms with Crippen molar-refractivity contribution in [2.45, 2.75) is 44.1 Å². The van der Waals surface area contributed by atoms with Gasteiger partial charge in [-0.2, -0.15) is 5.10 Å². The Morgan fingerprint density at radius 2 is 1.97 bits per heavy atom. The Bertz CT molecular complexity index is 1040. The first-order valence-corrected chi connectivity index (χ1v) is 10.9. The molecule has 0 spiro atoms. The van der Waals surface area contributed by atoms with E-state index < -0.39 is 23.3 Å². The average Bonchev–Trinajstić information content (AvgIpc) is 3.28. The third-order valence-electron chi connectivity index (χ3n) is 6.11. The van der Waals surface area contributed by atoms with Crippen LogP contribution >= 0.6 is 11.6 Å². The van der Waals surface area contributed by atoms with Crippen LogP contribution in [0.5, 0.6) is 5.75 Å². The Hall–Kier alpha value is -2.55. The highest BCUT2D eigenvalue weighted by atomic mass is 35.5. The molecule has 0 saturated carbocycles. The largest absolute Gasteiger partial charge is 0.489 e. The molecule has 0 unspecified atom stereocenters. The Morgan fingerprint density at radius 3 is 2.62 bits per heavy atom. The molecule has 2 aromatic carbocycles. The van der Waals surface area contributed by atoms with Crippen molar-refractivity contribution in [1.82, 2.24) is 19.7 Å². The molecule has 1 fully saturated rings. The van der Waals surface area contributed by atoms with Crippen LogP contribution in [0.1, 0.15) is 25.3 Å². The number of hydrogen-bond donors (Lipinski definition) is 1. The lowest BCUT2D eigenvalue weighted by molar-refractivity contribution is -0.0747. The van der Waals surface area contributed by atoms with Crippen LogP contribution < -0.4 is 4.74 Å². The van der Waals surface area contributed by atoms with Gasteiger partial charge in [-0.05, 0) is 38.0 Å². The molecular weight excluding hydrogens is 438 g/mol. The third-order valence-corrected chi connectivity index (χ3v) is 6.43. The fourth-order valence-corrected chi connectivity index (χ4v) is 4.43. The summed E-state index contributed by atoms with van der Waals surface area (Å²) < 4.78 is 35.8. The molecule has 1 aliphatic heterocycles. The van der Waals surface area contributed by atoms with Crippen LogP contribution in [0.3, 0.4) is 0 Å². The van der Waals surface area contributed by atoms with E-state index in [-0.39, 0.29) is 18.2 Å². The topological polar surface area (TPSA) is 63.4 Å². The summed E-state index contributed by atoms with van der Waals surface area (Å²) in [6.45, 7) is 3.10. The van der Waals surface area contributed by atoms with Crippen LogP contribution in [-0.2, 0) is 12.1 Å². The summed E-state index contributed by atoms with van der Waals surface area (Å²) in [5.41, 5.74) is -1.63. The SMILES string of the molecule is C[C@@H](N1CCC(Oc2ccccc2Cl)CC1)[C@](O)(Cn1cncn1)c1ccc(F)cc1F. The zero-order valence-electron chi connectivity index (χ0n) is 17.7. The van der Waals surface area contributed by atoms with Gasteiger partial charge in [-0.3, -0.25) is 4.90 Å². The maximum atomic E-state index is 14.7. The van der Waals surface area contributed by atoms with Crippen LogP contribution in [0.2, 0.25) is 5.02 Å². The molecule has 0 aliphatic carbocycles. The molecule has 9 heteroatoms. The van der Waals surface area contributed by atoms with Gasteiger partial charge in [-0.25, -0.2) is 18.4 Å². The van der Waals surface area contributed by atoms with Crippen molar-refractivity contribution in [3.8, 4) is 5.75 Å². The molecule has 0 bridgehead atoms. The van der Waals surface area contributed by atoms with Crippen LogP contribution in [-0.4, -0.2) is 50.0 Å². The van der Waals surface area contributed by atoms with Gasteiger partial charge in [0.25, 0.3) is 0 Å². The van der Waals surface area contributed by atoms with Crippen LogP contribution in [0, 0.1) is 11.6 Å². The van der Waals surface area contributed by atoms with Gasteiger partial charge in [0.2, 0.25) is 0 Å². The smallest absolute Gasteiger partial charge is 0.138 e.